The van der Waals surface area contributed by atoms with E-state index >= 15 is 0 Å². The number of rotatable bonds is 9. The summed E-state index contributed by atoms with van der Waals surface area (Å²) in [6.45, 7) is 17.0. The maximum atomic E-state index is 3.67. The number of hydrogen-bond donors (Lipinski definition) is 1. The topological polar surface area (TPSA) is 18.5 Å². The minimum Gasteiger partial charge on any atom is -0.311 e. The molecule has 0 aliphatic rings. The van der Waals surface area contributed by atoms with E-state index in [-0.39, 0.29) is 5.54 Å². The molecule has 3 nitrogen and oxygen atoms in total. The molecule has 2 unspecified atom stereocenters. The molecule has 0 bridgehead atoms. The van der Waals surface area contributed by atoms with Crippen molar-refractivity contribution in [2.45, 2.75) is 72.0 Å². The van der Waals surface area contributed by atoms with Crippen molar-refractivity contribution in [3.63, 3.8) is 0 Å². The van der Waals surface area contributed by atoms with E-state index in [1.165, 1.54) is 12.8 Å². The number of nitrogens with zero attached hydrogens (tertiary/aromatic N) is 2. The van der Waals surface area contributed by atoms with Gasteiger partial charge in [-0.3, -0.25) is 4.90 Å². The molecule has 0 radical (unpaired) electrons. The van der Waals surface area contributed by atoms with Gasteiger partial charge in [0.05, 0.1) is 0 Å². The van der Waals surface area contributed by atoms with Gasteiger partial charge in [-0.15, -0.1) is 0 Å². The van der Waals surface area contributed by atoms with Crippen molar-refractivity contribution in [1.82, 2.24) is 15.1 Å². The fraction of sp³-hybridized carbons (Fsp3) is 1.00. The third kappa shape index (κ3) is 8.61. The quantitative estimate of drug-likeness (QED) is 0.696. The second-order valence-corrected chi connectivity index (χ2v) is 7.02. The first kappa shape index (κ1) is 18.9. The minimum absolute atomic E-state index is 0.205. The van der Waals surface area contributed by atoms with E-state index < -0.39 is 0 Å². The molecule has 19 heavy (non-hydrogen) atoms. The van der Waals surface area contributed by atoms with Crippen LogP contribution in [0.25, 0.3) is 0 Å². The Morgan fingerprint density at radius 1 is 1.11 bits per heavy atom. The molecule has 116 valence electrons. The van der Waals surface area contributed by atoms with Crippen molar-refractivity contribution >= 4 is 0 Å². The van der Waals surface area contributed by atoms with E-state index in [2.05, 4.69) is 70.8 Å². The number of likely N-dealkylation sites (N-methyl/N-ethyl adjacent to an activating group) is 2. The Kier molecular flexibility index (Phi) is 8.88. The first-order valence-corrected chi connectivity index (χ1v) is 7.86. The van der Waals surface area contributed by atoms with E-state index in [1.54, 1.807) is 0 Å². The van der Waals surface area contributed by atoms with Gasteiger partial charge in [-0.25, -0.2) is 0 Å². The van der Waals surface area contributed by atoms with Gasteiger partial charge in [0.25, 0.3) is 0 Å². The average Bonchev–Trinajstić information content (AvgIpc) is 2.24. The normalized spacial score (nSPS) is 16.1. The molecule has 0 aliphatic heterocycles. The van der Waals surface area contributed by atoms with Crippen LogP contribution in [0.4, 0.5) is 0 Å². The summed E-state index contributed by atoms with van der Waals surface area (Å²) in [5.74, 6) is 0. The first-order chi connectivity index (χ1) is 8.71. The summed E-state index contributed by atoms with van der Waals surface area (Å²) in [6.07, 6.45) is 2.52. The molecule has 2 atom stereocenters. The van der Waals surface area contributed by atoms with Gasteiger partial charge in [0.15, 0.2) is 0 Å². The van der Waals surface area contributed by atoms with Gasteiger partial charge in [0.2, 0.25) is 0 Å². The lowest BCUT2D eigenvalue weighted by Crippen LogP contribution is -2.52. The van der Waals surface area contributed by atoms with E-state index in [0.29, 0.717) is 12.1 Å². The molecule has 0 aromatic heterocycles. The van der Waals surface area contributed by atoms with Crippen molar-refractivity contribution in [2.24, 2.45) is 0 Å². The second kappa shape index (κ2) is 8.93. The average molecular weight is 271 g/mol. The Balaban J connectivity index is 4.60. The first-order valence-electron chi connectivity index (χ1n) is 7.86. The summed E-state index contributed by atoms with van der Waals surface area (Å²) in [6, 6.07) is 1.25. The predicted octanol–water partition coefficient (Wildman–Crippen LogP) is 2.82. The number of hydrogen-bond acceptors (Lipinski definition) is 3. The molecule has 0 fully saturated rings. The van der Waals surface area contributed by atoms with Crippen LogP contribution in [0.1, 0.15) is 54.4 Å². The zero-order chi connectivity index (χ0) is 15.1. The molecule has 0 aromatic carbocycles. The molecular formula is C16H37N3. The van der Waals surface area contributed by atoms with Gasteiger partial charge in [-0.05, 0) is 54.8 Å². The van der Waals surface area contributed by atoms with Gasteiger partial charge >= 0.3 is 0 Å². The maximum Gasteiger partial charge on any atom is 0.0223 e. The summed E-state index contributed by atoms with van der Waals surface area (Å²) in [5.41, 5.74) is 0.205. The molecule has 3 heteroatoms. The highest BCUT2D eigenvalue weighted by molar-refractivity contribution is 4.82. The summed E-state index contributed by atoms with van der Waals surface area (Å²) >= 11 is 0. The summed E-state index contributed by atoms with van der Waals surface area (Å²) in [5, 5.41) is 3.67. The van der Waals surface area contributed by atoms with Crippen LogP contribution in [-0.4, -0.2) is 61.2 Å². The molecule has 0 saturated heterocycles. The largest absolute Gasteiger partial charge is 0.311 e. The van der Waals surface area contributed by atoms with Crippen LogP contribution in [0, 0.1) is 0 Å². The van der Waals surface area contributed by atoms with Gasteiger partial charge in [-0.2, -0.15) is 0 Å². The molecule has 0 aliphatic carbocycles. The van der Waals surface area contributed by atoms with Crippen molar-refractivity contribution < 1.29 is 0 Å². The third-order valence-corrected chi connectivity index (χ3v) is 3.52. The molecule has 1 N–H and O–H groups in total. The van der Waals surface area contributed by atoms with Gasteiger partial charge in [0, 0.05) is 30.7 Å². The lowest BCUT2D eigenvalue weighted by molar-refractivity contribution is 0.114. The zero-order valence-corrected chi connectivity index (χ0v) is 14.6. The van der Waals surface area contributed by atoms with Gasteiger partial charge in [0.1, 0.15) is 0 Å². The van der Waals surface area contributed by atoms with Gasteiger partial charge in [-0.1, -0.05) is 20.3 Å². The lowest BCUT2D eigenvalue weighted by Gasteiger charge is -2.38. The Hall–Kier alpha value is -0.120. The zero-order valence-electron chi connectivity index (χ0n) is 14.6. The van der Waals surface area contributed by atoms with Crippen LogP contribution in [0.3, 0.4) is 0 Å². The lowest BCUT2D eigenvalue weighted by atomic mass is 10.0. The highest BCUT2D eigenvalue weighted by atomic mass is 15.2. The predicted molar refractivity (Wildman–Crippen MR) is 86.8 cm³/mol. The molecule has 0 rings (SSSR count). The maximum absolute atomic E-state index is 3.67. The number of nitrogens with one attached hydrogen (secondary N) is 1. The summed E-state index contributed by atoms with van der Waals surface area (Å²) < 4.78 is 0. The highest BCUT2D eigenvalue weighted by Crippen LogP contribution is 2.13. The standard InChI is InChI=1S/C16H37N3/c1-9-11-15(12-17-16(4,5)6)19(10-2)14(3)13-18(7)8/h14-15,17H,9-13H2,1-8H3. The van der Waals surface area contributed by atoms with E-state index in [1.807, 2.05) is 0 Å². The third-order valence-electron chi connectivity index (χ3n) is 3.52. The fourth-order valence-corrected chi connectivity index (χ4v) is 2.71. The fourth-order valence-electron chi connectivity index (χ4n) is 2.71. The smallest absolute Gasteiger partial charge is 0.0223 e. The van der Waals surface area contributed by atoms with E-state index in [9.17, 15) is 0 Å². The van der Waals surface area contributed by atoms with E-state index in [4.69, 9.17) is 0 Å². The molecule has 0 heterocycles. The Morgan fingerprint density at radius 2 is 1.68 bits per heavy atom. The van der Waals surface area contributed by atoms with E-state index in [0.717, 1.165) is 19.6 Å². The van der Waals surface area contributed by atoms with Crippen LogP contribution < -0.4 is 5.32 Å². The molecule has 0 aromatic rings. The Morgan fingerprint density at radius 3 is 2.05 bits per heavy atom. The summed E-state index contributed by atoms with van der Waals surface area (Å²) in [7, 11) is 4.32. The van der Waals surface area contributed by atoms with Crippen molar-refractivity contribution in [3.8, 4) is 0 Å². The molecule has 0 saturated carbocycles. The van der Waals surface area contributed by atoms with Crippen LogP contribution in [0.2, 0.25) is 0 Å². The van der Waals surface area contributed by atoms with Crippen LogP contribution in [0.15, 0.2) is 0 Å². The second-order valence-electron chi connectivity index (χ2n) is 7.02. The Bertz CT molecular complexity index is 221. The highest BCUT2D eigenvalue weighted by Gasteiger charge is 2.23. The summed E-state index contributed by atoms with van der Waals surface area (Å²) in [4.78, 5) is 4.94. The monoisotopic (exact) mass is 271 g/mol. The Labute approximate surface area is 121 Å². The van der Waals surface area contributed by atoms with Crippen LogP contribution in [0.5, 0.6) is 0 Å². The van der Waals surface area contributed by atoms with Crippen LogP contribution in [-0.2, 0) is 0 Å². The van der Waals surface area contributed by atoms with Gasteiger partial charge < -0.3 is 10.2 Å². The molecular weight excluding hydrogens is 234 g/mol. The van der Waals surface area contributed by atoms with Crippen molar-refractivity contribution in [1.29, 1.82) is 0 Å². The molecule has 0 amide bonds. The SMILES string of the molecule is CCCC(CNC(C)(C)C)N(CC)C(C)CN(C)C. The van der Waals surface area contributed by atoms with Crippen molar-refractivity contribution in [3.05, 3.63) is 0 Å². The van der Waals surface area contributed by atoms with Crippen molar-refractivity contribution in [2.75, 3.05) is 33.7 Å². The minimum atomic E-state index is 0.205. The molecule has 0 spiro atoms. The van der Waals surface area contributed by atoms with Crippen LogP contribution >= 0.6 is 0 Å².